The largest absolute Gasteiger partial charge is 0.324 e. The van der Waals surface area contributed by atoms with Gasteiger partial charge in [-0.15, -0.1) is 0 Å². The van der Waals surface area contributed by atoms with Gasteiger partial charge in [0, 0.05) is 6.04 Å². The van der Waals surface area contributed by atoms with Crippen molar-refractivity contribution < 1.29 is 0 Å². The smallest absolute Gasteiger partial charge is 0.0262 e. The van der Waals surface area contributed by atoms with Gasteiger partial charge in [-0.1, -0.05) is 30.9 Å². The number of hydrogen-bond donors (Lipinski definition) is 1. The number of nitrogens with two attached hydrogens (primary N) is 1. The molecule has 56 valence electrons. The number of rotatable bonds is 3. The molecule has 0 bridgehead atoms. The molecule has 0 amide bonds. The fourth-order valence-corrected chi connectivity index (χ4v) is 0.690. The Labute approximate surface area is 62.9 Å². The van der Waals surface area contributed by atoms with Crippen LogP contribution in [0.15, 0.2) is 36.5 Å². The van der Waals surface area contributed by atoms with E-state index >= 15 is 0 Å². The van der Waals surface area contributed by atoms with E-state index in [9.17, 15) is 0 Å². The van der Waals surface area contributed by atoms with Crippen molar-refractivity contribution in [1.82, 2.24) is 0 Å². The highest BCUT2D eigenvalue weighted by molar-refractivity contribution is 5.24. The zero-order valence-corrected chi connectivity index (χ0v) is 6.67. The second-order valence-corrected chi connectivity index (χ2v) is 2.17. The first-order valence-electron chi connectivity index (χ1n) is 3.43. The van der Waals surface area contributed by atoms with Crippen molar-refractivity contribution in [1.29, 1.82) is 0 Å². The van der Waals surface area contributed by atoms with E-state index in [-0.39, 0.29) is 6.04 Å². The summed E-state index contributed by atoms with van der Waals surface area (Å²) in [6.45, 7) is 7.51. The summed E-state index contributed by atoms with van der Waals surface area (Å²) in [5.74, 6) is 0. The molecule has 0 aliphatic carbocycles. The molecule has 0 heterocycles. The molecule has 0 aromatic rings. The lowest BCUT2D eigenvalue weighted by Gasteiger charge is -2.03. The molecular weight excluding hydrogens is 122 g/mol. The summed E-state index contributed by atoms with van der Waals surface area (Å²) in [5.41, 5.74) is 6.77. The van der Waals surface area contributed by atoms with Crippen molar-refractivity contribution in [3.05, 3.63) is 36.5 Å². The van der Waals surface area contributed by atoms with E-state index in [0.29, 0.717) is 0 Å². The van der Waals surface area contributed by atoms with Crippen LogP contribution in [0.4, 0.5) is 0 Å². The Bertz CT molecular complexity index is 152. The van der Waals surface area contributed by atoms with Crippen molar-refractivity contribution >= 4 is 0 Å². The van der Waals surface area contributed by atoms with E-state index in [2.05, 4.69) is 6.58 Å². The normalized spacial score (nSPS) is 15.7. The topological polar surface area (TPSA) is 26.0 Å². The predicted molar refractivity (Wildman–Crippen MR) is 46.7 cm³/mol. The van der Waals surface area contributed by atoms with Crippen molar-refractivity contribution in [2.75, 3.05) is 0 Å². The van der Waals surface area contributed by atoms with Gasteiger partial charge in [-0.25, -0.2) is 0 Å². The van der Waals surface area contributed by atoms with Gasteiger partial charge in [0.2, 0.25) is 0 Å². The molecule has 1 heteroatoms. The Morgan fingerprint density at radius 3 is 2.50 bits per heavy atom. The maximum absolute atomic E-state index is 5.63. The second kappa shape index (κ2) is 5.00. The molecule has 1 atom stereocenters. The Morgan fingerprint density at radius 1 is 1.60 bits per heavy atom. The summed E-state index contributed by atoms with van der Waals surface area (Å²) in [4.78, 5) is 0. The zero-order chi connectivity index (χ0) is 7.98. The average molecular weight is 137 g/mol. The third kappa shape index (κ3) is 3.25. The first-order chi connectivity index (χ1) is 4.72. The Kier molecular flexibility index (Phi) is 4.59. The Balaban J connectivity index is 4.10. The Morgan fingerprint density at radius 2 is 2.20 bits per heavy atom. The molecule has 1 nitrogen and oxygen atoms in total. The van der Waals surface area contributed by atoms with Gasteiger partial charge < -0.3 is 5.73 Å². The first-order valence-corrected chi connectivity index (χ1v) is 3.43. The van der Waals surface area contributed by atoms with Crippen LogP contribution in [0.5, 0.6) is 0 Å². The van der Waals surface area contributed by atoms with Crippen LogP contribution in [-0.4, -0.2) is 6.04 Å². The van der Waals surface area contributed by atoms with Crippen LogP contribution in [-0.2, 0) is 0 Å². The maximum Gasteiger partial charge on any atom is 0.0262 e. The van der Waals surface area contributed by atoms with E-state index in [1.807, 2.05) is 32.1 Å². The van der Waals surface area contributed by atoms with E-state index in [0.717, 1.165) is 5.57 Å². The Hall–Kier alpha value is -0.820. The highest BCUT2D eigenvalue weighted by Gasteiger charge is 1.94. The number of hydrogen-bond acceptors (Lipinski definition) is 1. The third-order valence-electron chi connectivity index (χ3n) is 1.28. The van der Waals surface area contributed by atoms with Gasteiger partial charge in [0.05, 0.1) is 0 Å². The molecule has 0 aliphatic heterocycles. The first kappa shape index (κ1) is 9.18. The number of allylic oxidation sites excluding steroid dienone is 3. The fourth-order valence-electron chi connectivity index (χ4n) is 0.690. The minimum Gasteiger partial charge on any atom is -0.324 e. The quantitative estimate of drug-likeness (QED) is 0.592. The molecule has 2 N–H and O–H groups in total. The van der Waals surface area contributed by atoms with Crippen LogP contribution in [0.1, 0.15) is 13.8 Å². The van der Waals surface area contributed by atoms with Gasteiger partial charge in [0.25, 0.3) is 0 Å². The van der Waals surface area contributed by atoms with Crippen molar-refractivity contribution in [3.63, 3.8) is 0 Å². The van der Waals surface area contributed by atoms with E-state index in [4.69, 9.17) is 5.73 Å². The molecule has 0 aromatic heterocycles. The SMILES string of the molecule is C=C/C=C\C(=C/C)[C@H](C)N. The highest BCUT2D eigenvalue weighted by atomic mass is 14.6. The lowest BCUT2D eigenvalue weighted by Crippen LogP contribution is -2.16. The molecule has 0 saturated heterocycles. The van der Waals surface area contributed by atoms with Crippen molar-refractivity contribution in [2.24, 2.45) is 5.73 Å². The van der Waals surface area contributed by atoms with Gasteiger partial charge in [0.15, 0.2) is 0 Å². The van der Waals surface area contributed by atoms with Crippen LogP contribution in [0, 0.1) is 0 Å². The summed E-state index contributed by atoms with van der Waals surface area (Å²) < 4.78 is 0. The van der Waals surface area contributed by atoms with Gasteiger partial charge in [-0.3, -0.25) is 0 Å². The molecule has 0 radical (unpaired) electrons. The highest BCUT2D eigenvalue weighted by Crippen LogP contribution is 2.00. The summed E-state index contributed by atoms with van der Waals surface area (Å²) >= 11 is 0. The van der Waals surface area contributed by atoms with Crippen molar-refractivity contribution in [3.8, 4) is 0 Å². The summed E-state index contributed by atoms with van der Waals surface area (Å²) in [5, 5.41) is 0. The molecular formula is C9H15N. The lowest BCUT2D eigenvalue weighted by atomic mass is 10.1. The standard InChI is InChI=1S/C9H15N/c1-4-6-7-9(5-2)8(3)10/h4-8H,1,10H2,2-3H3/b7-6-,9-5+/t8-/m0/s1. The van der Waals surface area contributed by atoms with E-state index < -0.39 is 0 Å². The molecule has 0 rings (SSSR count). The zero-order valence-electron chi connectivity index (χ0n) is 6.67. The van der Waals surface area contributed by atoms with Gasteiger partial charge in [0.1, 0.15) is 0 Å². The molecule has 0 spiro atoms. The van der Waals surface area contributed by atoms with E-state index in [1.165, 1.54) is 0 Å². The summed E-state index contributed by atoms with van der Waals surface area (Å²) in [6, 6.07) is 0.112. The third-order valence-corrected chi connectivity index (χ3v) is 1.28. The molecule has 0 unspecified atom stereocenters. The fraction of sp³-hybridized carbons (Fsp3) is 0.333. The molecule has 0 saturated carbocycles. The van der Waals surface area contributed by atoms with Gasteiger partial charge in [-0.05, 0) is 19.4 Å². The summed E-state index contributed by atoms with van der Waals surface area (Å²) in [6.07, 6.45) is 7.60. The van der Waals surface area contributed by atoms with Crippen LogP contribution in [0.2, 0.25) is 0 Å². The molecule has 10 heavy (non-hydrogen) atoms. The van der Waals surface area contributed by atoms with Gasteiger partial charge >= 0.3 is 0 Å². The monoisotopic (exact) mass is 137 g/mol. The predicted octanol–water partition coefficient (Wildman–Crippen LogP) is 2.02. The second-order valence-electron chi connectivity index (χ2n) is 2.17. The van der Waals surface area contributed by atoms with E-state index in [1.54, 1.807) is 6.08 Å². The average Bonchev–Trinajstić information content (AvgIpc) is 1.89. The van der Waals surface area contributed by atoms with Gasteiger partial charge in [-0.2, -0.15) is 0 Å². The lowest BCUT2D eigenvalue weighted by molar-refractivity contribution is 0.883. The minimum absolute atomic E-state index is 0.112. The maximum atomic E-state index is 5.63. The van der Waals surface area contributed by atoms with Crippen LogP contribution in [0.3, 0.4) is 0 Å². The van der Waals surface area contributed by atoms with Crippen LogP contribution >= 0.6 is 0 Å². The molecule has 0 aliphatic rings. The van der Waals surface area contributed by atoms with Crippen LogP contribution < -0.4 is 5.73 Å². The molecule has 0 fully saturated rings. The van der Waals surface area contributed by atoms with Crippen molar-refractivity contribution in [2.45, 2.75) is 19.9 Å². The minimum atomic E-state index is 0.112. The van der Waals surface area contributed by atoms with Crippen LogP contribution in [0.25, 0.3) is 0 Å². The molecule has 0 aromatic carbocycles. The summed E-state index contributed by atoms with van der Waals surface area (Å²) in [7, 11) is 0.